The van der Waals surface area contributed by atoms with Crippen molar-refractivity contribution in [1.82, 2.24) is 0 Å². The highest BCUT2D eigenvalue weighted by Crippen LogP contribution is 2.17. The maximum absolute atomic E-state index is 10.4. The van der Waals surface area contributed by atoms with Gasteiger partial charge in [0.2, 0.25) is 0 Å². The SMILES string of the molecule is CCc1ccc(C(O)C(O)C(=O)O)cc1. The lowest BCUT2D eigenvalue weighted by Crippen LogP contribution is -2.27. The van der Waals surface area contributed by atoms with Gasteiger partial charge < -0.3 is 15.3 Å². The van der Waals surface area contributed by atoms with E-state index in [4.69, 9.17) is 10.2 Å². The molecule has 0 aliphatic heterocycles. The summed E-state index contributed by atoms with van der Waals surface area (Å²) in [4.78, 5) is 10.4. The van der Waals surface area contributed by atoms with Crippen molar-refractivity contribution in [3.63, 3.8) is 0 Å². The Morgan fingerprint density at radius 1 is 1.27 bits per heavy atom. The van der Waals surface area contributed by atoms with Gasteiger partial charge >= 0.3 is 5.97 Å². The Hall–Kier alpha value is -1.39. The highest BCUT2D eigenvalue weighted by Gasteiger charge is 2.24. The molecule has 0 bridgehead atoms. The number of benzene rings is 1. The number of hydrogen-bond donors (Lipinski definition) is 3. The number of aryl methyl sites for hydroxylation is 1. The molecule has 1 aromatic rings. The highest BCUT2D eigenvalue weighted by atomic mass is 16.4. The van der Waals surface area contributed by atoms with Gasteiger partial charge in [0.05, 0.1) is 0 Å². The molecule has 1 rings (SSSR count). The second-order valence-corrected chi connectivity index (χ2v) is 3.32. The third kappa shape index (κ3) is 2.78. The molecular weight excluding hydrogens is 196 g/mol. The lowest BCUT2D eigenvalue weighted by atomic mass is 10.0. The van der Waals surface area contributed by atoms with E-state index >= 15 is 0 Å². The van der Waals surface area contributed by atoms with Gasteiger partial charge in [0.1, 0.15) is 6.10 Å². The average molecular weight is 210 g/mol. The van der Waals surface area contributed by atoms with Gasteiger partial charge in [0, 0.05) is 0 Å². The maximum Gasteiger partial charge on any atom is 0.335 e. The number of hydrogen-bond acceptors (Lipinski definition) is 3. The van der Waals surface area contributed by atoms with Gasteiger partial charge in [-0.15, -0.1) is 0 Å². The van der Waals surface area contributed by atoms with Crippen LogP contribution in [0.1, 0.15) is 24.2 Å². The van der Waals surface area contributed by atoms with Gasteiger partial charge in [-0.1, -0.05) is 31.2 Å². The molecule has 82 valence electrons. The van der Waals surface area contributed by atoms with E-state index in [1.165, 1.54) is 0 Å². The molecule has 0 radical (unpaired) electrons. The maximum atomic E-state index is 10.4. The Morgan fingerprint density at radius 2 is 1.80 bits per heavy atom. The zero-order valence-corrected chi connectivity index (χ0v) is 8.42. The summed E-state index contributed by atoms with van der Waals surface area (Å²) in [6.45, 7) is 2.00. The van der Waals surface area contributed by atoms with Gasteiger partial charge in [-0.05, 0) is 17.5 Å². The van der Waals surface area contributed by atoms with Crippen molar-refractivity contribution in [2.24, 2.45) is 0 Å². The van der Waals surface area contributed by atoms with Crippen molar-refractivity contribution in [2.45, 2.75) is 25.6 Å². The first-order chi connectivity index (χ1) is 7.06. The van der Waals surface area contributed by atoms with Crippen molar-refractivity contribution in [3.05, 3.63) is 35.4 Å². The Kier molecular flexibility index (Phi) is 3.82. The van der Waals surface area contributed by atoms with Crippen molar-refractivity contribution < 1.29 is 20.1 Å². The number of carbonyl (C=O) groups is 1. The van der Waals surface area contributed by atoms with Crippen LogP contribution >= 0.6 is 0 Å². The molecule has 4 nitrogen and oxygen atoms in total. The van der Waals surface area contributed by atoms with E-state index in [9.17, 15) is 9.90 Å². The van der Waals surface area contributed by atoms with Crippen LogP contribution in [0.5, 0.6) is 0 Å². The third-order valence-corrected chi connectivity index (χ3v) is 2.28. The topological polar surface area (TPSA) is 77.8 Å². The smallest absolute Gasteiger partial charge is 0.335 e. The Balaban J connectivity index is 2.82. The Morgan fingerprint density at radius 3 is 2.20 bits per heavy atom. The van der Waals surface area contributed by atoms with Gasteiger partial charge in [0.25, 0.3) is 0 Å². The summed E-state index contributed by atoms with van der Waals surface area (Å²) in [5, 5.41) is 27.1. The van der Waals surface area contributed by atoms with Crippen molar-refractivity contribution >= 4 is 5.97 Å². The molecule has 0 aromatic heterocycles. The van der Waals surface area contributed by atoms with E-state index in [0.29, 0.717) is 5.56 Å². The first kappa shape index (κ1) is 11.7. The number of carboxylic acids is 1. The Labute approximate surface area is 87.8 Å². The van der Waals surface area contributed by atoms with Gasteiger partial charge in [-0.25, -0.2) is 4.79 Å². The van der Waals surface area contributed by atoms with Crippen molar-refractivity contribution in [2.75, 3.05) is 0 Å². The molecule has 0 aliphatic rings. The summed E-state index contributed by atoms with van der Waals surface area (Å²) in [6, 6.07) is 6.84. The molecule has 0 amide bonds. The van der Waals surface area contributed by atoms with E-state index in [-0.39, 0.29) is 0 Å². The molecule has 0 saturated carbocycles. The summed E-state index contributed by atoms with van der Waals surface area (Å²) >= 11 is 0. The molecule has 2 unspecified atom stereocenters. The molecule has 1 aromatic carbocycles. The lowest BCUT2D eigenvalue weighted by Gasteiger charge is -2.14. The van der Waals surface area contributed by atoms with Crippen molar-refractivity contribution in [3.8, 4) is 0 Å². The predicted octanol–water partition coefficient (Wildman–Crippen LogP) is 0.728. The fourth-order valence-electron chi connectivity index (χ4n) is 1.27. The molecule has 0 spiro atoms. The molecular formula is C11H14O4. The lowest BCUT2D eigenvalue weighted by molar-refractivity contribution is -0.153. The summed E-state index contributed by atoms with van der Waals surface area (Å²) in [6.07, 6.45) is -2.29. The monoisotopic (exact) mass is 210 g/mol. The van der Waals surface area contributed by atoms with E-state index in [0.717, 1.165) is 12.0 Å². The highest BCUT2D eigenvalue weighted by molar-refractivity contribution is 5.73. The average Bonchev–Trinajstić information content (AvgIpc) is 2.27. The van der Waals surface area contributed by atoms with Crippen LogP contribution in [0, 0.1) is 0 Å². The fourth-order valence-corrected chi connectivity index (χ4v) is 1.27. The van der Waals surface area contributed by atoms with Crippen LogP contribution in [0.4, 0.5) is 0 Å². The number of aliphatic hydroxyl groups excluding tert-OH is 2. The summed E-state index contributed by atoms with van der Waals surface area (Å²) in [7, 11) is 0. The molecule has 3 N–H and O–H groups in total. The van der Waals surface area contributed by atoms with Gasteiger partial charge in [0.15, 0.2) is 6.10 Å². The summed E-state index contributed by atoms with van der Waals surface area (Å²) in [5.41, 5.74) is 1.50. The number of carboxylic acid groups (broad SMARTS) is 1. The molecule has 0 fully saturated rings. The second-order valence-electron chi connectivity index (χ2n) is 3.32. The summed E-state index contributed by atoms with van der Waals surface area (Å²) < 4.78 is 0. The van der Waals surface area contributed by atoms with Crippen LogP contribution in [-0.4, -0.2) is 27.4 Å². The fraction of sp³-hybridized carbons (Fsp3) is 0.364. The number of rotatable bonds is 4. The number of aliphatic carboxylic acids is 1. The molecule has 0 heterocycles. The molecule has 2 atom stereocenters. The summed E-state index contributed by atoms with van der Waals surface area (Å²) in [5.74, 6) is -1.43. The Bertz CT molecular complexity index is 331. The largest absolute Gasteiger partial charge is 0.479 e. The third-order valence-electron chi connectivity index (χ3n) is 2.28. The predicted molar refractivity (Wildman–Crippen MR) is 54.4 cm³/mol. The van der Waals surface area contributed by atoms with Gasteiger partial charge in [-0.2, -0.15) is 0 Å². The van der Waals surface area contributed by atoms with E-state index in [2.05, 4.69) is 0 Å². The van der Waals surface area contributed by atoms with Crippen LogP contribution in [0.25, 0.3) is 0 Å². The molecule has 0 aliphatic carbocycles. The van der Waals surface area contributed by atoms with E-state index in [1.54, 1.807) is 24.3 Å². The number of aliphatic hydroxyl groups is 2. The minimum atomic E-state index is -1.78. The normalized spacial score (nSPS) is 14.6. The van der Waals surface area contributed by atoms with E-state index in [1.807, 2.05) is 6.92 Å². The standard InChI is InChI=1S/C11H14O4/c1-2-7-3-5-8(6-4-7)9(12)10(13)11(14)15/h3-6,9-10,12-13H,2H2,1H3,(H,14,15). The van der Waals surface area contributed by atoms with Crippen molar-refractivity contribution in [1.29, 1.82) is 0 Å². The minimum absolute atomic E-state index is 0.405. The van der Waals surface area contributed by atoms with Crippen LogP contribution in [0.3, 0.4) is 0 Å². The molecule has 15 heavy (non-hydrogen) atoms. The van der Waals surface area contributed by atoms with E-state index < -0.39 is 18.2 Å². The molecule has 4 heteroatoms. The second kappa shape index (κ2) is 4.91. The van der Waals surface area contributed by atoms with Crippen LogP contribution < -0.4 is 0 Å². The zero-order valence-electron chi connectivity index (χ0n) is 8.42. The van der Waals surface area contributed by atoms with Crippen LogP contribution in [0.15, 0.2) is 24.3 Å². The molecule has 0 saturated heterocycles. The van der Waals surface area contributed by atoms with Crippen LogP contribution in [0.2, 0.25) is 0 Å². The van der Waals surface area contributed by atoms with Crippen LogP contribution in [-0.2, 0) is 11.2 Å². The quantitative estimate of drug-likeness (QED) is 0.684. The zero-order chi connectivity index (χ0) is 11.4. The minimum Gasteiger partial charge on any atom is -0.479 e. The first-order valence-electron chi connectivity index (χ1n) is 4.74. The first-order valence-corrected chi connectivity index (χ1v) is 4.74. The van der Waals surface area contributed by atoms with Gasteiger partial charge in [-0.3, -0.25) is 0 Å².